The fourth-order valence-electron chi connectivity index (χ4n) is 6.04. The van der Waals surface area contributed by atoms with Gasteiger partial charge in [0.1, 0.15) is 5.75 Å². The van der Waals surface area contributed by atoms with E-state index in [2.05, 4.69) is 5.32 Å². The number of methoxy groups -OCH3 is 1. The van der Waals surface area contributed by atoms with Crippen LogP contribution in [0.3, 0.4) is 0 Å². The van der Waals surface area contributed by atoms with E-state index in [9.17, 15) is 20.0 Å². The van der Waals surface area contributed by atoms with Crippen LogP contribution in [0.15, 0.2) is 36.4 Å². The zero-order valence-electron chi connectivity index (χ0n) is 16.0. The molecule has 0 unspecified atom stereocenters. The Morgan fingerprint density at radius 3 is 2.55 bits per heavy atom. The number of nitrogens with zero attached hydrogens (tertiary/aromatic N) is 1. The van der Waals surface area contributed by atoms with Gasteiger partial charge in [0.15, 0.2) is 0 Å². The summed E-state index contributed by atoms with van der Waals surface area (Å²) >= 11 is 0. The molecule has 2 fully saturated rings. The summed E-state index contributed by atoms with van der Waals surface area (Å²) in [7, 11) is 1.58. The van der Waals surface area contributed by atoms with Gasteiger partial charge in [-0.05, 0) is 60.8 Å². The summed E-state index contributed by atoms with van der Waals surface area (Å²) in [6.45, 7) is 0. The van der Waals surface area contributed by atoms with Gasteiger partial charge in [-0.1, -0.05) is 12.1 Å². The quantitative estimate of drug-likeness (QED) is 0.580. The smallest absolute Gasteiger partial charge is 0.335 e. The first-order valence-corrected chi connectivity index (χ1v) is 9.94. The molecular weight excluding hydrogens is 372 g/mol. The zero-order chi connectivity index (χ0) is 20.3. The Morgan fingerprint density at radius 2 is 1.90 bits per heavy atom. The van der Waals surface area contributed by atoms with Crippen molar-refractivity contribution in [3.8, 4) is 5.75 Å². The molecule has 5 atom stereocenters. The molecule has 1 heterocycles. The molecule has 2 N–H and O–H groups in total. The number of fused-ring (bicyclic) bond motifs is 7. The van der Waals surface area contributed by atoms with Crippen LogP contribution in [-0.2, 0) is 0 Å². The molecule has 7 heteroatoms. The van der Waals surface area contributed by atoms with E-state index in [1.807, 2.05) is 12.1 Å². The van der Waals surface area contributed by atoms with E-state index in [4.69, 9.17) is 4.74 Å². The number of aromatic carboxylic acids is 1. The van der Waals surface area contributed by atoms with Crippen molar-refractivity contribution < 1.29 is 19.6 Å². The van der Waals surface area contributed by atoms with Crippen LogP contribution < -0.4 is 10.1 Å². The average molecular weight is 394 g/mol. The molecule has 5 rings (SSSR count). The summed E-state index contributed by atoms with van der Waals surface area (Å²) in [5.41, 5.74) is 2.92. The van der Waals surface area contributed by atoms with Crippen molar-refractivity contribution in [1.82, 2.24) is 0 Å². The Kier molecular flexibility index (Phi) is 4.01. The molecule has 29 heavy (non-hydrogen) atoms. The minimum Gasteiger partial charge on any atom is -0.495 e. The number of hydrogen-bond acceptors (Lipinski definition) is 5. The Bertz CT molecular complexity index is 1000. The fraction of sp³-hybridized carbons (Fsp3) is 0.409. The number of hydrogen-bond donors (Lipinski definition) is 2. The highest BCUT2D eigenvalue weighted by atomic mass is 16.6. The van der Waals surface area contributed by atoms with Gasteiger partial charge in [0.2, 0.25) is 0 Å². The zero-order valence-corrected chi connectivity index (χ0v) is 16.0. The summed E-state index contributed by atoms with van der Waals surface area (Å²) in [6.07, 6.45) is 3.34. The van der Waals surface area contributed by atoms with Crippen LogP contribution in [0.25, 0.3) is 0 Å². The van der Waals surface area contributed by atoms with Gasteiger partial charge in [-0.3, -0.25) is 10.1 Å². The molecule has 0 radical (unpaired) electrons. The molecule has 7 nitrogen and oxygen atoms in total. The average Bonchev–Trinajstić information content (AvgIpc) is 3.34. The molecule has 0 amide bonds. The number of rotatable bonds is 4. The predicted molar refractivity (Wildman–Crippen MR) is 106 cm³/mol. The molecule has 150 valence electrons. The molecule has 2 aromatic carbocycles. The van der Waals surface area contributed by atoms with Gasteiger partial charge in [-0.15, -0.1) is 0 Å². The van der Waals surface area contributed by atoms with Crippen molar-refractivity contribution >= 4 is 17.3 Å². The maximum Gasteiger partial charge on any atom is 0.335 e. The van der Waals surface area contributed by atoms with Gasteiger partial charge < -0.3 is 15.2 Å². The summed E-state index contributed by atoms with van der Waals surface area (Å²) in [6, 6.07) is 10.2. The first-order valence-electron chi connectivity index (χ1n) is 9.94. The molecule has 2 bridgehead atoms. The molecule has 1 aliphatic heterocycles. The van der Waals surface area contributed by atoms with Gasteiger partial charge in [0, 0.05) is 12.0 Å². The molecule has 0 saturated heterocycles. The lowest BCUT2D eigenvalue weighted by Gasteiger charge is -2.43. The van der Waals surface area contributed by atoms with Crippen molar-refractivity contribution in [3.05, 3.63) is 63.2 Å². The highest BCUT2D eigenvalue weighted by Gasteiger charge is 2.56. The van der Waals surface area contributed by atoms with Crippen LogP contribution in [0.5, 0.6) is 5.75 Å². The van der Waals surface area contributed by atoms with E-state index < -0.39 is 5.97 Å². The largest absolute Gasteiger partial charge is 0.495 e. The lowest BCUT2D eigenvalue weighted by Crippen LogP contribution is -2.36. The maximum atomic E-state index is 11.8. The minimum absolute atomic E-state index is 0.0263. The first-order chi connectivity index (χ1) is 14.0. The summed E-state index contributed by atoms with van der Waals surface area (Å²) in [5, 5.41) is 24.6. The van der Waals surface area contributed by atoms with Crippen LogP contribution in [0, 0.1) is 27.9 Å². The minimum atomic E-state index is -0.950. The topological polar surface area (TPSA) is 102 Å². The fourth-order valence-corrected chi connectivity index (χ4v) is 6.04. The number of nitrogens with one attached hydrogen (secondary N) is 1. The molecule has 2 saturated carbocycles. The molecule has 2 aromatic rings. The Balaban J connectivity index is 1.66. The van der Waals surface area contributed by atoms with E-state index in [1.54, 1.807) is 31.4 Å². The highest BCUT2D eigenvalue weighted by Crippen LogP contribution is 2.65. The van der Waals surface area contributed by atoms with Crippen molar-refractivity contribution in [2.24, 2.45) is 17.8 Å². The number of nitro benzene ring substituents is 1. The van der Waals surface area contributed by atoms with Crippen LogP contribution >= 0.6 is 0 Å². The SMILES string of the molecule is COc1ccc([N+](=O)[O-])c2c1N[C@H](c1ccc(C(=O)O)cc1)[C@H]1[C@H]3CC[C@@H](C3)[C@@H]21. The predicted octanol–water partition coefficient (Wildman–Crippen LogP) is 4.60. The normalized spacial score (nSPS) is 28.9. The summed E-state index contributed by atoms with van der Waals surface area (Å²) < 4.78 is 5.55. The van der Waals surface area contributed by atoms with E-state index >= 15 is 0 Å². The third kappa shape index (κ3) is 2.60. The summed E-state index contributed by atoms with van der Waals surface area (Å²) in [5.74, 6) is 0.984. The van der Waals surface area contributed by atoms with E-state index in [0.717, 1.165) is 30.4 Å². The van der Waals surface area contributed by atoms with Crippen molar-refractivity contribution in [2.75, 3.05) is 12.4 Å². The molecule has 0 spiro atoms. The third-order valence-corrected chi connectivity index (χ3v) is 7.12. The monoisotopic (exact) mass is 394 g/mol. The van der Waals surface area contributed by atoms with E-state index in [1.165, 1.54) is 0 Å². The third-order valence-electron chi connectivity index (χ3n) is 7.12. The number of nitro groups is 1. The number of benzene rings is 2. The molecule has 3 aliphatic rings. The second-order valence-corrected chi connectivity index (χ2v) is 8.32. The van der Waals surface area contributed by atoms with Crippen LogP contribution in [0.2, 0.25) is 0 Å². The number of carbonyl (C=O) groups is 1. The van der Waals surface area contributed by atoms with Gasteiger partial charge in [0.25, 0.3) is 5.69 Å². The molecule has 2 aliphatic carbocycles. The van der Waals surface area contributed by atoms with Crippen molar-refractivity contribution in [1.29, 1.82) is 0 Å². The lowest BCUT2D eigenvalue weighted by atomic mass is 9.67. The van der Waals surface area contributed by atoms with Gasteiger partial charge in [-0.25, -0.2) is 4.79 Å². The van der Waals surface area contributed by atoms with E-state index in [-0.39, 0.29) is 34.1 Å². The Labute approximate surface area is 167 Å². The maximum absolute atomic E-state index is 11.8. The first kappa shape index (κ1) is 18.0. The number of carboxylic acids is 1. The number of carboxylic acid groups (broad SMARTS) is 1. The van der Waals surface area contributed by atoms with Crippen molar-refractivity contribution in [2.45, 2.75) is 31.2 Å². The van der Waals surface area contributed by atoms with Crippen LogP contribution in [-0.4, -0.2) is 23.1 Å². The van der Waals surface area contributed by atoms with Gasteiger partial charge in [0.05, 0.1) is 34.9 Å². The van der Waals surface area contributed by atoms with Crippen LogP contribution in [0.1, 0.15) is 52.7 Å². The van der Waals surface area contributed by atoms with Gasteiger partial charge >= 0.3 is 5.97 Å². The second-order valence-electron chi connectivity index (χ2n) is 8.32. The second kappa shape index (κ2) is 6.47. The lowest BCUT2D eigenvalue weighted by molar-refractivity contribution is -0.385. The number of anilines is 1. The Morgan fingerprint density at radius 1 is 1.17 bits per heavy atom. The summed E-state index contributed by atoms with van der Waals surface area (Å²) in [4.78, 5) is 22.7. The molecule has 0 aromatic heterocycles. The number of ether oxygens (including phenoxy) is 1. The van der Waals surface area contributed by atoms with Crippen LogP contribution in [0.4, 0.5) is 11.4 Å². The van der Waals surface area contributed by atoms with E-state index in [0.29, 0.717) is 23.3 Å². The van der Waals surface area contributed by atoms with Gasteiger partial charge in [-0.2, -0.15) is 0 Å². The standard InChI is InChI=1S/C22H22N2O5/c1-29-16-9-8-15(24(27)28)19-17-13-6-7-14(10-13)18(17)20(23-21(16)19)11-2-4-12(5-3-11)22(25)26/h2-5,8-9,13-14,17-18,20,23H,6-7,10H2,1H3,(H,25,26)/t13-,14-,17+,18-,20+/m0/s1. The highest BCUT2D eigenvalue weighted by molar-refractivity contribution is 5.87. The van der Waals surface area contributed by atoms with Crippen molar-refractivity contribution in [3.63, 3.8) is 0 Å². The molecular formula is C22H22N2O5. The Hall–Kier alpha value is -3.09.